The Morgan fingerprint density at radius 1 is 1.00 bits per heavy atom. The molecule has 2 aromatic rings. The molecule has 1 aromatic carbocycles. The smallest absolute Gasteiger partial charge is 0.289 e. The van der Waals surface area contributed by atoms with Crippen molar-refractivity contribution in [1.29, 1.82) is 0 Å². The third kappa shape index (κ3) is 4.61. The summed E-state index contributed by atoms with van der Waals surface area (Å²) in [6.45, 7) is 2.05. The highest BCUT2D eigenvalue weighted by molar-refractivity contribution is 5.91. The average molecular weight is 364 g/mol. The summed E-state index contributed by atoms with van der Waals surface area (Å²) in [5, 5.41) is 0. The minimum atomic E-state index is -0.304. The Labute approximate surface area is 153 Å². The predicted molar refractivity (Wildman–Crippen MR) is 96.4 cm³/mol. The van der Waals surface area contributed by atoms with Gasteiger partial charge in [-0.3, -0.25) is 9.59 Å². The largest absolute Gasteiger partial charge is 0.459 e. The van der Waals surface area contributed by atoms with Crippen molar-refractivity contribution in [3.05, 3.63) is 60.1 Å². The third-order valence-electron chi connectivity index (χ3n) is 4.27. The van der Waals surface area contributed by atoms with Crippen LogP contribution in [0.25, 0.3) is 0 Å². The molecule has 0 spiro atoms. The number of piperazine rings is 1. The Bertz CT molecular complexity index is 683. The number of hydrogen-bond acceptors (Lipinski definition) is 4. The van der Waals surface area contributed by atoms with Crippen LogP contribution >= 0.6 is 12.4 Å². The van der Waals surface area contributed by atoms with Gasteiger partial charge in [-0.15, -0.1) is 12.4 Å². The minimum absolute atomic E-state index is 0. The van der Waals surface area contributed by atoms with Crippen molar-refractivity contribution in [2.45, 2.75) is 12.5 Å². The zero-order valence-corrected chi connectivity index (χ0v) is 14.7. The van der Waals surface area contributed by atoms with E-state index in [9.17, 15) is 9.59 Å². The van der Waals surface area contributed by atoms with E-state index in [1.807, 2.05) is 30.3 Å². The molecule has 1 atom stereocenters. The van der Waals surface area contributed by atoms with Gasteiger partial charge in [0.1, 0.15) is 0 Å². The fourth-order valence-electron chi connectivity index (χ4n) is 2.85. The Kier molecular flexibility index (Phi) is 6.61. The second-order valence-electron chi connectivity index (χ2n) is 5.87. The lowest BCUT2D eigenvalue weighted by molar-refractivity contribution is -0.133. The number of benzene rings is 1. The van der Waals surface area contributed by atoms with Crippen LogP contribution < -0.4 is 5.73 Å². The summed E-state index contributed by atoms with van der Waals surface area (Å²) in [7, 11) is 0. The molecule has 1 aliphatic rings. The van der Waals surface area contributed by atoms with Crippen LogP contribution in [0.4, 0.5) is 0 Å². The zero-order chi connectivity index (χ0) is 16.9. The maximum Gasteiger partial charge on any atom is 0.289 e. The van der Waals surface area contributed by atoms with Gasteiger partial charge in [0.05, 0.1) is 6.26 Å². The first-order valence-corrected chi connectivity index (χ1v) is 8.06. The van der Waals surface area contributed by atoms with Crippen LogP contribution in [0, 0.1) is 0 Å². The molecule has 0 bridgehead atoms. The summed E-state index contributed by atoms with van der Waals surface area (Å²) in [4.78, 5) is 28.1. The lowest BCUT2D eigenvalue weighted by Gasteiger charge is -2.34. The van der Waals surface area contributed by atoms with Crippen molar-refractivity contribution >= 4 is 24.2 Å². The first-order valence-electron chi connectivity index (χ1n) is 8.06. The van der Waals surface area contributed by atoms with E-state index in [1.54, 1.807) is 21.9 Å². The van der Waals surface area contributed by atoms with Gasteiger partial charge in [-0.05, 0) is 17.7 Å². The quantitative estimate of drug-likeness (QED) is 0.901. The van der Waals surface area contributed by atoms with Gasteiger partial charge in [0.25, 0.3) is 5.91 Å². The van der Waals surface area contributed by atoms with Gasteiger partial charge in [-0.2, -0.15) is 0 Å². The van der Waals surface area contributed by atoms with Gasteiger partial charge >= 0.3 is 0 Å². The van der Waals surface area contributed by atoms with Crippen molar-refractivity contribution in [3.8, 4) is 0 Å². The van der Waals surface area contributed by atoms with Crippen molar-refractivity contribution in [1.82, 2.24) is 9.80 Å². The number of amides is 2. The molecule has 2 N–H and O–H groups in total. The highest BCUT2D eigenvalue weighted by Gasteiger charge is 2.26. The third-order valence-corrected chi connectivity index (χ3v) is 4.27. The fourth-order valence-corrected chi connectivity index (χ4v) is 2.85. The molecule has 2 amide bonds. The van der Waals surface area contributed by atoms with Crippen molar-refractivity contribution in [3.63, 3.8) is 0 Å². The standard InChI is InChI=1S/C18H21N3O3.ClH/c19-15(14-5-2-1-3-6-14)13-17(22)20-8-10-21(11-9-20)18(23)16-7-4-12-24-16;/h1-7,12,15H,8-11,13,19H2;1H. The number of nitrogens with two attached hydrogens (primary N) is 1. The van der Waals surface area contributed by atoms with Gasteiger partial charge in [0.15, 0.2) is 5.76 Å². The molecule has 0 radical (unpaired) electrons. The predicted octanol–water partition coefficient (Wildman–Crippen LogP) is 2.08. The van der Waals surface area contributed by atoms with E-state index in [1.165, 1.54) is 6.26 Å². The normalized spacial score (nSPS) is 15.4. The van der Waals surface area contributed by atoms with E-state index in [0.717, 1.165) is 5.56 Å². The molecule has 6 nitrogen and oxygen atoms in total. The summed E-state index contributed by atoms with van der Waals surface area (Å²) in [5.74, 6) is 0.227. The molecule has 1 saturated heterocycles. The number of furan rings is 1. The maximum atomic E-state index is 12.4. The summed E-state index contributed by atoms with van der Waals surface area (Å²) < 4.78 is 5.14. The van der Waals surface area contributed by atoms with Crippen LogP contribution in [0.1, 0.15) is 28.6 Å². The molecule has 0 saturated carbocycles. The van der Waals surface area contributed by atoms with Gasteiger partial charge < -0.3 is 20.0 Å². The highest BCUT2D eigenvalue weighted by atomic mass is 35.5. The average Bonchev–Trinajstić information content (AvgIpc) is 3.16. The highest BCUT2D eigenvalue weighted by Crippen LogP contribution is 2.16. The van der Waals surface area contributed by atoms with Crippen LogP contribution in [0.5, 0.6) is 0 Å². The molecule has 25 heavy (non-hydrogen) atoms. The molecule has 1 fully saturated rings. The summed E-state index contributed by atoms with van der Waals surface area (Å²) in [6, 6.07) is 12.7. The fraction of sp³-hybridized carbons (Fsp3) is 0.333. The van der Waals surface area contributed by atoms with E-state index in [4.69, 9.17) is 10.2 Å². The van der Waals surface area contributed by atoms with E-state index >= 15 is 0 Å². The van der Waals surface area contributed by atoms with E-state index < -0.39 is 0 Å². The van der Waals surface area contributed by atoms with Gasteiger partial charge in [0.2, 0.25) is 5.91 Å². The molecule has 1 aromatic heterocycles. The van der Waals surface area contributed by atoms with Crippen molar-refractivity contribution in [2.24, 2.45) is 5.73 Å². The molecule has 2 heterocycles. The lowest BCUT2D eigenvalue weighted by atomic mass is 10.0. The van der Waals surface area contributed by atoms with Crippen LogP contribution in [-0.4, -0.2) is 47.8 Å². The number of carbonyl (C=O) groups excluding carboxylic acids is 2. The molecule has 0 aliphatic carbocycles. The van der Waals surface area contributed by atoms with Crippen molar-refractivity contribution in [2.75, 3.05) is 26.2 Å². The van der Waals surface area contributed by atoms with Crippen LogP contribution in [-0.2, 0) is 4.79 Å². The monoisotopic (exact) mass is 363 g/mol. The number of rotatable bonds is 4. The second kappa shape index (κ2) is 8.69. The molecule has 1 aliphatic heterocycles. The molecular formula is C18H22ClN3O3. The molecule has 7 heteroatoms. The van der Waals surface area contributed by atoms with Crippen molar-refractivity contribution < 1.29 is 14.0 Å². The molecule has 1 unspecified atom stereocenters. The van der Waals surface area contributed by atoms with Crippen LogP contribution in [0.15, 0.2) is 53.1 Å². The zero-order valence-electron chi connectivity index (χ0n) is 13.8. The van der Waals surface area contributed by atoms with Gasteiger partial charge in [-0.25, -0.2) is 0 Å². The Hall–Kier alpha value is -2.31. The SMILES string of the molecule is Cl.NC(CC(=O)N1CCN(C(=O)c2ccco2)CC1)c1ccccc1. The Balaban J connectivity index is 0.00000225. The van der Waals surface area contributed by atoms with E-state index in [0.29, 0.717) is 31.9 Å². The lowest BCUT2D eigenvalue weighted by Crippen LogP contribution is -2.50. The Morgan fingerprint density at radius 3 is 2.24 bits per heavy atom. The van der Waals surface area contributed by atoms with Crippen LogP contribution in [0.2, 0.25) is 0 Å². The second-order valence-corrected chi connectivity index (χ2v) is 5.87. The Morgan fingerprint density at radius 2 is 1.64 bits per heavy atom. The minimum Gasteiger partial charge on any atom is -0.459 e. The molecule has 134 valence electrons. The first-order chi connectivity index (χ1) is 11.6. The maximum absolute atomic E-state index is 12.4. The number of nitrogens with zero attached hydrogens (tertiary/aromatic N) is 2. The van der Waals surface area contributed by atoms with Gasteiger partial charge in [0, 0.05) is 38.6 Å². The number of halogens is 1. The first kappa shape index (κ1) is 19.0. The van der Waals surface area contributed by atoms with E-state index in [-0.39, 0.29) is 36.7 Å². The number of carbonyl (C=O) groups is 2. The molecule has 3 rings (SSSR count). The summed E-state index contributed by atoms with van der Waals surface area (Å²) in [6.07, 6.45) is 1.76. The molecular weight excluding hydrogens is 342 g/mol. The summed E-state index contributed by atoms with van der Waals surface area (Å²) >= 11 is 0. The van der Waals surface area contributed by atoms with Gasteiger partial charge in [-0.1, -0.05) is 30.3 Å². The van der Waals surface area contributed by atoms with E-state index in [2.05, 4.69) is 0 Å². The number of hydrogen-bond donors (Lipinski definition) is 1. The van der Waals surface area contributed by atoms with Crippen LogP contribution in [0.3, 0.4) is 0 Å². The summed E-state index contributed by atoms with van der Waals surface area (Å²) in [5.41, 5.74) is 7.07. The topological polar surface area (TPSA) is 79.8 Å².